The van der Waals surface area contributed by atoms with Crippen molar-refractivity contribution in [2.45, 2.75) is 25.0 Å². The first-order valence-corrected chi connectivity index (χ1v) is 7.60. The summed E-state index contributed by atoms with van der Waals surface area (Å²) >= 11 is 1.68. The molecule has 1 aromatic heterocycles. The lowest BCUT2D eigenvalue weighted by atomic mass is 10.3. The average molecular weight is 277 g/mol. The maximum atomic E-state index is 5.80. The van der Waals surface area contributed by atoms with E-state index in [4.69, 9.17) is 9.15 Å². The average Bonchev–Trinajstić information content (AvgIpc) is 2.91. The Morgan fingerprint density at radius 1 is 1.16 bits per heavy atom. The van der Waals surface area contributed by atoms with Crippen LogP contribution in [0.1, 0.15) is 18.4 Å². The SMILES string of the molecule is CCNCc1ccc(COc2ccccc2SC)o1. The summed E-state index contributed by atoms with van der Waals surface area (Å²) in [5, 5.41) is 3.23. The lowest BCUT2D eigenvalue weighted by molar-refractivity contribution is 0.260. The second-order valence-electron chi connectivity index (χ2n) is 4.09. The van der Waals surface area contributed by atoms with E-state index in [1.54, 1.807) is 11.8 Å². The minimum atomic E-state index is 0.462. The zero-order valence-electron chi connectivity index (χ0n) is 11.3. The van der Waals surface area contributed by atoms with E-state index < -0.39 is 0 Å². The number of para-hydroxylation sites is 1. The zero-order valence-corrected chi connectivity index (χ0v) is 12.1. The number of furan rings is 1. The number of ether oxygens (including phenoxy) is 1. The van der Waals surface area contributed by atoms with Gasteiger partial charge in [-0.05, 0) is 37.1 Å². The van der Waals surface area contributed by atoms with Crippen molar-refractivity contribution in [2.75, 3.05) is 12.8 Å². The molecule has 0 unspecified atom stereocenters. The van der Waals surface area contributed by atoms with E-state index in [0.29, 0.717) is 6.61 Å². The summed E-state index contributed by atoms with van der Waals surface area (Å²) in [7, 11) is 0. The molecule has 102 valence electrons. The third-order valence-electron chi connectivity index (χ3n) is 2.71. The van der Waals surface area contributed by atoms with Crippen molar-refractivity contribution in [3.63, 3.8) is 0 Å². The van der Waals surface area contributed by atoms with Gasteiger partial charge in [0.2, 0.25) is 0 Å². The second kappa shape index (κ2) is 7.26. The Morgan fingerprint density at radius 3 is 2.74 bits per heavy atom. The van der Waals surface area contributed by atoms with Crippen molar-refractivity contribution in [2.24, 2.45) is 0 Å². The highest BCUT2D eigenvalue weighted by Crippen LogP contribution is 2.27. The number of benzene rings is 1. The van der Waals surface area contributed by atoms with E-state index in [-0.39, 0.29) is 0 Å². The Bertz CT molecular complexity index is 510. The Balaban J connectivity index is 1.93. The normalized spacial score (nSPS) is 10.6. The summed E-state index contributed by atoms with van der Waals surface area (Å²) in [6.07, 6.45) is 2.05. The molecule has 0 spiro atoms. The number of hydrogen-bond acceptors (Lipinski definition) is 4. The van der Waals surface area contributed by atoms with Crippen LogP contribution in [-0.2, 0) is 13.2 Å². The topological polar surface area (TPSA) is 34.4 Å². The molecule has 0 bridgehead atoms. The molecule has 0 radical (unpaired) electrons. The molecular weight excluding hydrogens is 258 g/mol. The van der Waals surface area contributed by atoms with Crippen LogP contribution >= 0.6 is 11.8 Å². The Hall–Kier alpha value is -1.39. The van der Waals surface area contributed by atoms with E-state index >= 15 is 0 Å². The summed E-state index contributed by atoms with van der Waals surface area (Å²) in [4.78, 5) is 1.14. The number of thioether (sulfide) groups is 1. The maximum absolute atomic E-state index is 5.80. The van der Waals surface area contributed by atoms with Crippen molar-refractivity contribution >= 4 is 11.8 Å². The van der Waals surface area contributed by atoms with Crippen molar-refractivity contribution in [1.29, 1.82) is 0 Å². The molecule has 0 aliphatic carbocycles. The van der Waals surface area contributed by atoms with Gasteiger partial charge in [-0.1, -0.05) is 19.1 Å². The van der Waals surface area contributed by atoms with Gasteiger partial charge in [-0.2, -0.15) is 0 Å². The highest BCUT2D eigenvalue weighted by molar-refractivity contribution is 7.98. The van der Waals surface area contributed by atoms with Gasteiger partial charge in [-0.15, -0.1) is 11.8 Å². The van der Waals surface area contributed by atoms with E-state index in [0.717, 1.165) is 35.3 Å². The van der Waals surface area contributed by atoms with Crippen LogP contribution in [0, 0.1) is 0 Å². The zero-order chi connectivity index (χ0) is 13.5. The van der Waals surface area contributed by atoms with Crippen LogP contribution in [0.2, 0.25) is 0 Å². The molecule has 0 aliphatic rings. The number of rotatable bonds is 7. The van der Waals surface area contributed by atoms with E-state index in [2.05, 4.69) is 18.3 Å². The van der Waals surface area contributed by atoms with Crippen molar-refractivity contribution < 1.29 is 9.15 Å². The van der Waals surface area contributed by atoms with Gasteiger partial charge in [0.25, 0.3) is 0 Å². The van der Waals surface area contributed by atoms with Crippen LogP contribution < -0.4 is 10.1 Å². The molecule has 1 N–H and O–H groups in total. The minimum Gasteiger partial charge on any atom is -0.484 e. The largest absolute Gasteiger partial charge is 0.484 e. The lowest BCUT2D eigenvalue weighted by Crippen LogP contribution is -2.10. The van der Waals surface area contributed by atoms with Crippen LogP contribution in [-0.4, -0.2) is 12.8 Å². The molecule has 0 atom stereocenters. The molecule has 2 aromatic rings. The van der Waals surface area contributed by atoms with Gasteiger partial charge in [0.15, 0.2) is 0 Å². The van der Waals surface area contributed by atoms with E-state index in [9.17, 15) is 0 Å². The van der Waals surface area contributed by atoms with Gasteiger partial charge < -0.3 is 14.5 Å². The highest BCUT2D eigenvalue weighted by atomic mass is 32.2. The molecular formula is C15H19NO2S. The standard InChI is InChI=1S/C15H19NO2S/c1-3-16-10-12-8-9-13(18-12)11-17-14-6-4-5-7-15(14)19-2/h4-9,16H,3,10-11H2,1-2H3. The van der Waals surface area contributed by atoms with Crippen molar-refractivity contribution in [3.05, 3.63) is 47.9 Å². The second-order valence-corrected chi connectivity index (χ2v) is 4.94. The summed E-state index contributed by atoms with van der Waals surface area (Å²) in [5.41, 5.74) is 0. The molecule has 2 rings (SSSR count). The molecule has 19 heavy (non-hydrogen) atoms. The highest BCUT2D eigenvalue weighted by Gasteiger charge is 2.05. The molecule has 0 fully saturated rings. The van der Waals surface area contributed by atoms with Crippen LogP contribution in [0.4, 0.5) is 0 Å². The van der Waals surface area contributed by atoms with Gasteiger partial charge in [-0.25, -0.2) is 0 Å². The molecule has 4 heteroatoms. The predicted octanol–water partition coefficient (Wildman–Crippen LogP) is 3.69. The summed E-state index contributed by atoms with van der Waals surface area (Å²) in [6.45, 7) is 4.24. The van der Waals surface area contributed by atoms with Crippen molar-refractivity contribution in [3.8, 4) is 5.75 Å². The summed E-state index contributed by atoms with van der Waals surface area (Å²) < 4.78 is 11.5. The summed E-state index contributed by atoms with van der Waals surface area (Å²) in [6, 6.07) is 12.0. The smallest absolute Gasteiger partial charge is 0.146 e. The van der Waals surface area contributed by atoms with Gasteiger partial charge in [-0.3, -0.25) is 0 Å². The third-order valence-corrected chi connectivity index (χ3v) is 3.48. The molecule has 1 aromatic carbocycles. The van der Waals surface area contributed by atoms with Crippen molar-refractivity contribution in [1.82, 2.24) is 5.32 Å². The monoisotopic (exact) mass is 277 g/mol. The molecule has 3 nitrogen and oxygen atoms in total. The fourth-order valence-electron chi connectivity index (χ4n) is 1.73. The van der Waals surface area contributed by atoms with Crippen LogP contribution in [0.15, 0.2) is 45.7 Å². The molecule has 0 saturated heterocycles. The lowest BCUT2D eigenvalue weighted by Gasteiger charge is -2.08. The number of hydrogen-bond donors (Lipinski definition) is 1. The maximum Gasteiger partial charge on any atom is 0.146 e. The van der Waals surface area contributed by atoms with Crippen LogP contribution in [0.25, 0.3) is 0 Å². The van der Waals surface area contributed by atoms with Crippen LogP contribution in [0.5, 0.6) is 5.75 Å². The third kappa shape index (κ3) is 4.04. The molecule has 0 amide bonds. The van der Waals surface area contributed by atoms with E-state index in [1.165, 1.54) is 0 Å². The first-order valence-electron chi connectivity index (χ1n) is 6.37. The molecule has 0 saturated carbocycles. The van der Waals surface area contributed by atoms with Crippen LogP contribution in [0.3, 0.4) is 0 Å². The Kier molecular flexibility index (Phi) is 5.36. The Morgan fingerprint density at radius 2 is 1.95 bits per heavy atom. The van der Waals surface area contributed by atoms with E-state index in [1.807, 2.05) is 36.6 Å². The predicted molar refractivity (Wildman–Crippen MR) is 78.6 cm³/mol. The Labute approximate surface area is 118 Å². The van der Waals surface area contributed by atoms with Gasteiger partial charge in [0.1, 0.15) is 23.9 Å². The first-order chi connectivity index (χ1) is 9.33. The van der Waals surface area contributed by atoms with Gasteiger partial charge in [0, 0.05) is 4.90 Å². The fourth-order valence-corrected chi connectivity index (χ4v) is 2.27. The summed E-state index contributed by atoms with van der Waals surface area (Å²) in [5.74, 6) is 2.70. The molecule has 0 aliphatic heterocycles. The quantitative estimate of drug-likeness (QED) is 0.783. The minimum absolute atomic E-state index is 0.462. The molecule has 1 heterocycles. The van der Waals surface area contributed by atoms with Gasteiger partial charge >= 0.3 is 0 Å². The first kappa shape index (κ1) is 14.0. The fraction of sp³-hybridized carbons (Fsp3) is 0.333. The van der Waals surface area contributed by atoms with Gasteiger partial charge in [0.05, 0.1) is 6.54 Å². The number of nitrogens with one attached hydrogen (secondary N) is 1.